The van der Waals surface area contributed by atoms with Crippen LogP contribution in [0, 0.1) is 0 Å². The predicted octanol–water partition coefficient (Wildman–Crippen LogP) is 3.09. The summed E-state index contributed by atoms with van der Waals surface area (Å²) < 4.78 is 5.99. The van der Waals surface area contributed by atoms with Crippen LogP contribution in [0.3, 0.4) is 0 Å². The minimum atomic E-state index is 0. The van der Waals surface area contributed by atoms with Gasteiger partial charge in [-0.3, -0.25) is 0 Å². The van der Waals surface area contributed by atoms with Crippen LogP contribution >= 0.6 is 28.3 Å². The monoisotopic (exact) mass is 323 g/mol. The van der Waals surface area contributed by atoms with Crippen molar-refractivity contribution in [2.75, 3.05) is 13.7 Å². The van der Waals surface area contributed by atoms with Crippen molar-refractivity contribution in [3.05, 3.63) is 28.2 Å². The number of hydrogen-bond donors (Lipinski definition) is 2. The fourth-order valence-corrected chi connectivity index (χ4v) is 1.79. The molecule has 3 nitrogen and oxygen atoms in total. The highest BCUT2D eigenvalue weighted by atomic mass is 79.9. The fourth-order valence-electron chi connectivity index (χ4n) is 1.38. The van der Waals surface area contributed by atoms with Gasteiger partial charge in [-0.05, 0) is 31.5 Å². The second kappa shape index (κ2) is 8.75. The van der Waals surface area contributed by atoms with E-state index in [-0.39, 0.29) is 12.4 Å². The summed E-state index contributed by atoms with van der Waals surface area (Å²) in [5.41, 5.74) is 0.902. The first kappa shape index (κ1) is 16.7. The highest BCUT2D eigenvalue weighted by Gasteiger charge is 2.05. The Morgan fingerprint density at radius 3 is 2.82 bits per heavy atom. The van der Waals surface area contributed by atoms with Crippen LogP contribution < -0.4 is 5.32 Å². The lowest BCUT2D eigenvalue weighted by Gasteiger charge is -2.14. The summed E-state index contributed by atoms with van der Waals surface area (Å²) in [5.74, 6) is 0.328. The summed E-state index contributed by atoms with van der Waals surface area (Å²) in [6.45, 7) is 3.52. The molecular weight excluding hydrogens is 305 g/mol. The largest absolute Gasteiger partial charge is 0.508 e. The van der Waals surface area contributed by atoms with Crippen molar-refractivity contribution in [2.24, 2.45) is 0 Å². The molecule has 0 radical (unpaired) electrons. The molecule has 0 fully saturated rings. The molecule has 0 bridgehead atoms. The Bertz CT molecular complexity index is 336. The molecule has 0 aromatic heterocycles. The van der Waals surface area contributed by atoms with E-state index in [1.165, 1.54) is 0 Å². The standard InChI is InChI=1S/C12H18BrNO2.ClH/c1-9(5-6-16-2)14-8-10-7-11(13)3-4-12(10)15;/h3-4,7,9,14-15H,5-6,8H2,1-2H3;1H. The first-order chi connectivity index (χ1) is 7.63. The van der Waals surface area contributed by atoms with Crippen LogP contribution in [0.5, 0.6) is 5.75 Å². The molecule has 0 amide bonds. The van der Waals surface area contributed by atoms with Crippen LogP contribution in [-0.2, 0) is 11.3 Å². The Morgan fingerprint density at radius 1 is 1.47 bits per heavy atom. The molecule has 0 saturated carbocycles. The maximum absolute atomic E-state index is 9.64. The normalized spacial score (nSPS) is 11.9. The van der Waals surface area contributed by atoms with Gasteiger partial charge in [0.1, 0.15) is 5.75 Å². The van der Waals surface area contributed by atoms with Crippen LogP contribution in [0.25, 0.3) is 0 Å². The Labute approximate surface area is 117 Å². The van der Waals surface area contributed by atoms with Crippen LogP contribution in [-0.4, -0.2) is 24.9 Å². The summed E-state index contributed by atoms with van der Waals surface area (Å²) in [4.78, 5) is 0. The Morgan fingerprint density at radius 2 is 2.18 bits per heavy atom. The Balaban J connectivity index is 0.00000256. The molecule has 1 rings (SSSR count). The van der Waals surface area contributed by atoms with Gasteiger partial charge in [-0.15, -0.1) is 12.4 Å². The summed E-state index contributed by atoms with van der Waals surface area (Å²) in [5, 5.41) is 13.0. The zero-order valence-electron chi connectivity index (χ0n) is 10.1. The van der Waals surface area contributed by atoms with Crippen LogP contribution in [0.4, 0.5) is 0 Å². The average molecular weight is 325 g/mol. The topological polar surface area (TPSA) is 41.5 Å². The van der Waals surface area contributed by atoms with Gasteiger partial charge in [-0.1, -0.05) is 15.9 Å². The van der Waals surface area contributed by atoms with E-state index in [4.69, 9.17) is 4.74 Å². The number of benzene rings is 1. The van der Waals surface area contributed by atoms with E-state index in [2.05, 4.69) is 28.2 Å². The van der Waals surface area contributed by atoms with Gasteiger partial charge in [-0.25, -0.2) is 0 Å². The lowest BCUT2D eigenvalue weighted by Crippen LogP contribution is -2.26. The van der Waals surface area contributed by atoms with E-state index < -0.39 is 0 Å². The number of nitrogens with one attached hydrogen (secondary N) is 1. The van der Waals surface area contributed by atoms with Crippen molar-refractivity contribution in [3.63, 3.8) is 0 Å². The van der Waals surface area contributed by atoms with Crippen molar-refractivity contribution in [3.8, 4) is 5.75 Å². The molecule has 0 aliphatic rings. The van der Waals surface area contributed by atoms with E-state index in [9.17, 15) is 5.11 Å². The molecular formula is C12H19BrClNO2. The molecule has 1 aromatic rings. The van der Waals surface area contributed by atoms with Gasteiger partial charge in [0.2, 0.25) is 0 Å². The third-order valence-electron chi connectivity index (χ3n) is 2.44. The molecule has 98 valence electrons. The number of rotatable bonds is 6. The van der Waals surface area contributed by atoms with E-state index in [0.717, 1.165) is 23.1 Å². The predicted molar refractivity (Wildman–Crippen MR) is 75.8 cm³/mol. The molecule has 1 unspecified atom stereocenters. The van der Waals surface area contributed by atoms with Crippen molar-refractivity contribution in [1.29, 1.82) is 0 Å². The fraction of sp³-hybridized carbons (Fsp3) is 0.500. The summed E-state index contributed by atoms with van der Waals surface area (Å²) in [7, 11) is 1.70. The van der Waals surface area contributed by atoms with E-state index in [1.807, 2.05) is 12.1 Å². The van der Waals surface area contributed by atoms with Gasteiger partial charge in [0, 0.05) is 36.3 Å². The lowest BCUT2D eigenvalue weighted by molar-refractivity contribution is 0.184. The Hall–Kier alpha value is -0.290. The second-order valence-electron chi connectivity index (χ2n) is 3.84. The molecule has 2 N–H and O–H groups in total. The molecule has 1 aromatic carbocycles. The summed E-state index contributed by atoms with van der Waals surface area (Å²) >= 11 is 3.39. The highest BCUT2D eigenvalue weighted by Crippen LogP contribution is 2.21. The van der Waals surface area contributed by atoms with Crippen molar-refractivity contribution in [1.82, 2.24) is 5.32 Å². The maximum Gasteiger partial charge on any atom is 0.120 e. The first-order valence-corrected chi connectivity index (χ1v) is 6.12. The van der Waals surface area contributed by atoms with Crippen LogP contribution in [0.15, 0.2) is 22.7 Å². The van der Waals surface area contributed by atoms with Gasteiger partial charge in [0.25, 0.3) is 0 Å². The van der Waals surface area contributed by atoms with Gasteiger partial charge >= 0.3 is 0 Å². The summed E-state index contributed by atoms with van der Waals surface area (Å²) in [6, 6.07) is 5.82. The minimum Gasteiger partial charge on any atom is -0.508 e. The third-order valence-corrected chi connectivity index (χ3v) is 2.93. The molecule has 0 aliphatic carbocycles. The number of halogens is 2. The lowest BCUT2D eigenvalue weighted by atomic mass is 10.2. The number of phenolic OH excluding ortho intramolecular Hbond substituents is 1. The molecule has 17 heavy (non-hydrogen) atoms. The zero-order valence-corrected chi connectivity index (χ0v) is 12.5. The van der Waals surface area contributed by atoms with Gasteiger partial charge < -0.3 is 15.2 Å². The zero-order chi connectivity index (χ0) is 12.0. The molecule has 1 atom stereocenters. The number of hydrogen-bond acceptors (Lipinski definition) is 3. The van der Waals surface area contributed by atoms with Gasteiger partial charge in [0.15, 0.2) is 0 Å². The highest BCUT2D eigenvalue weighted by molar-refractivity contribution is 9.10. The van der Waals surface area contributed by atoms with Gasteiger partial charge in [0.05, 0.1) is 0 Å². The van der Waals surface area contributed by atoms with Gasteiger partial charge in [-0.2, -0.15) is 0 Å². The third kappa shape index (κ3) is 6.27. The molecule has 0 spiro atoms. The van der Waals surface area contributed by atoms with Crippen molar-refractivity contribution >= 4 is 28.3 Å². The maximum atomic E-state index is 9.64. The number of methoxy groups -OCH3 is 1. The van der Waals surface area contributed by atoms with E-state index in [1.54, 1.807) is 13.2 Å². The molecule has 0 aliphatic heterocycles. The average Bonchev–Trinajstić information content (AvgIpc) is 2.27. The van der Waals surface area contributed by atoms with E-state index >= 15 is 0 Å². The molecule has 5 heteroatoms. The molecule has 0 saturated heterocycles. The molecule has 0 heterocycles. The number of aromatic hydroxyl groups is 1. The van der Waals surface area contributed by atoms with Crippen LogP contribution in [0.2, 0.25) is 0 Å². The summed E-state index contributed by atoms with van der Waals surface area (Å²) in [6.07, 6.45) is 0.964. The smallest absolute Gasteiger partial charge is 0.120 e. The van der Waals surface area contributed by atoms with E-state index in [0.29, 0.717) is 18.3 Å². The first-order valence-electron chi connectivity index (χ1n) is 5.33. The minimum absolute atomic E-state index is 0. The Kier molecular flexibility index (Phi) is 8.60. The quantitative estimate of drug-likeness (QED) is 0.845. The number of phenols is 1. The van der Waals surface area contributed by atoms with Crippen molar-refractivity contribution in [2.45, 2.75) is 25.9 Å². The second-order valence-corrected chi connectivity index (χ2v) is 4.75. The SMILES string of the molecule is COCCC(C)NCc1cc(Br)ccc1O.Cl. The van der Waals surface area contributed by atoms with Crippen molar-refractivity contribution < 1.29 is 9.84 Å². The number of ether oxygens (including phenoxy) is 1. The van der Waals surface area contributed by atoms with Crippen LogP contribution in [0.1, 0.15) is 18.9 Å².